The van der Waals surface area contributed by atoms with Crippen LogP contribution in [0.5, 0.6) is 11.5 Å². The Kier molecular flexibility index (Phi) is 10.1. The number of carbonyl (C=O) groups excluding carboxylic acids is 3. The minimum atomic E-state index is -0.995. The fourth-order valence-electron chi connectivity index (χ4n) is 7.20. The van der Waals surface area contributed by atoms with E-state index in [-0.39, 0.29) is 29.6 Å². The van der Waals surface area contributed by atoms with Gasteiger partial charge >= 0.3 is 0 Å². The SMILES string of the molecule is COc1ccc2c(OC3C[C@H]4C(=O)NCCCCC/C=C\[C@@H]5C[C@@]5(C(=O)NSC5CC5)NC(=O)[C@@H]4C3)cc(-c3nc(C(C)C)cs3)nc2c1C. The molecule has 266 valence electrons. The minimum Gasteiger partial charge on any atom is -0.496 e. The Bertz CT molecular complexity index is 1810. The second-order valence-electron chi connectivity index (χ2n) is 14.5. The van der Waals surface area contributed by atoms with E-state index in [0.29, 0.717) is 42.5 Å². The van der Waals surface area contributed by atoms with Crippen molar-refractivity contribution in [3.05, 3.63) is 47.0 Å². The molecule has 12 heteroatoms. The molecule has 3 amide bonds. The smallest absolute Gasteiger partial charge is 0.256 e. The molecule has 50 heavy (non-hydrogen) atoms. The van der Waals surface area contributed by atoms with Crippen LogP contribution in [0.3, 0.4) is 0 Å². The maximum atomic E-state index is 14.2. The highest BCUT2D eigenvalue weighted by Gasteiger charge is 2.61. The maximum absolute atomic E-state index is 14.2. The van der Waals surface area contributed by atoms with Crippen LogP contribution in [0, 0.1) is 24.7 Å². The molecule has 3 heterocycles. The third kappa shape index (κ3) is 7.24. The number of amides is 3. The van der Waals surface area contributed by atoms with E-state index in [1.807, 2.05) is 25.1 Å². The first-order valence-electron chi connectivity index (χ1n) is 18.0. The predicted octanol–water partition coefficient (Wildman–Crippen LogP) is 6.62. The number of thiazole rings is 1. The van der Waals surface area contributed by atoms with E-state index in [1.54, 1.807) is 18.4 Å². The zero-order valence-electron chi connectivity index (χ0n) is 29.3. The summed E-state index contributed by atoms with van der Waals surface area (Å²) in [6.45, 7) is 6.78. The maximum Gasteiger partial charge on any atom is 0.256 e. The fourth-order valence-corrected chi connectivity index (χ4v) is 8.97. The van der Waals surface area contributed by atoms with E-state index < -0.39 is 23.5 Å². The summed E-state index contributed by atoms with van der Waals surface area (Å²) in [6.07, 6.45) is 11.1. The van der Waals surface area contributed by atoms with E-state index in [1.165, 1.54) is 11.9 Å². The molecule has 7 rings (SSSR count). The number of rotatable bonds is 8. The zero-order valence-corrected chi connectivity index (χ0v) is 30.9. The molecule has 4 aliphatic rings. The average molecular weight is 718 g/mol. The first kappa shape index (κ1) is 34.8. The quantitative estimate of drug-likeness (QED) is 0.175. The molecule has 10 nitrogen and oxygen atoms in total. The topological polar surface area (TPSA) is 132 Å². The Morgan fingerprint density at radius 3 is 2.62 bits per heavy atom. The van der Waals surface area contributed by atoms with Crippen molar-refractivity contribution in [1.82, 2.24) is 25.3 Å². The van der Waals surface area contributed by atoms with Crippen LogP contribution in [-0.2, 0) is 14.4 Å². The van der Waals surface area contributed by atoms with Gasteiger partial charge in [0.25, 0.3) is 5.91 Å². The van der Waals surface area contributed by atoms with Gasteiger partial charge in [0.2, 0.25) is 11.8 Å². The van der Waals surface area contributed by atoms with E-state index in [0.717, 1.165) is 71.4 Å². The Hall–Kier alpha value is -3.64. The zero-order chi connectivity index (χ0) is 35.0. The lowest BCUT2D eigenvalue weighted by molar-refractivity contribution is -0.136. The number of carbonyl (C=O) groups is 3. The fraction of sp³-hybridized carbons (Fsp3) is 0.553. The van der Waals surface area contributed by atoms with Gasteiger partial charge in [-0.05, 0) is 88.3 Å². The number of hydrogen-bond acceptors (Lipinski definition) is 9. The number of nitrogens with one attached hydrogen (secondary N) is 3. The van der Waals surface area contributed by atoms with Crippen molar-refractivity contribution in [1.29, 1.82) is 0 Å². The second-order valence-corrected chi connectivity index (χ2v) is 16.5. The lowest BCUT2D eigenvalue weighted by Crippen LogP contribution is -2.52. The number of pyridine rings is 1. The third-order valence-electron chi connectivity index (χ3n) is 10.5. The van der Waals surface area contributed by atoms with Crippen LogP contribution in [0.1, 0.15) is 88.8 Å². The molecule has 3 aromatic rings. The summed E-state index contributed by atoms with van der Waals surface area (Å²) in [5.74, 6) is -0.203. The van der Waals surface area contributed by atoms with Gasteiger partial charge in [0.05, 0.1) is 30.2 Å². The van der Waals surface area contributed by atoms with Crippen LogP contribution in [0.25, 0.3) is 21.6 Å². The molecule has 3 saturated carbocycles. The molecule has 1 aromatic carbocycles. The standard InChI is InChI=1S/C38H47N5O5S2/c1-21(2)30-20-49-36(41-30)29-18-32(26-13-14-31(47-4)22(3)33(26)40-29)48-24-16-27-28(17-24)35(45)42-38(37(46)43-50-25-11-12-25)19-23(38)10-8-6-5-7-9-15-39-34(27)44/h8,10,13-14,18,20-21,23-25,27-28H,5-7,9,11-12,15-17,19H2,1-4H3,(H,39,44)(H,42,45)(H,43,46)/b10-8-/t23-,24?,27-,28-,38-/m1/s1. The van der Waals surface area contributed by atoms with Crippen LogP contribution >= 0.6 is 23.3 Å². The van der Waals surface area contributed by atoms with Gasteiger partial charge in [-0.3, -0.25) is 19.1 Å². The number of allylic oxidation sites excluding steroid dienone is 1. The van der Waals surface area contributed by atoms with Gasteiger partial charge in [-0.1, -0.05) is 32.4 Å². The van der Waals surface area contributed by atoms with Gasteiger partial charge in [-0.15, -0.1) is 11.3 Å². The van der Waals surface area contributed by atoms with Crippen LogP contribution in [0.15, 0.2) is 35.7 Å². The monoisotopic (exact) mass is 717 g/mol. The predicted molar refractivity (Wildman–Crippen MR) is 197 cm³/mol. The van der Waals surface area contributed by atoms with Gasteiger partial charge in [0, 0.05) is 40.1 Å². The van der Waals surface area contributed by atoms with Crippen molar-refractivity contribution in [2.45, 2.75) is 101 Å². The summed E-state index contributed by atoms with van der Waals surface area (Å²) in [5.41, 5.74) is 2.36. The largest absolute Gasteiger partial charge is 0.496 e. The van der Waals surface area contributed by atoms with Crippen LogP contribution < -0.4 is 24.8 Å². The molecule has 3 fully saturated rings. The van der Waals surface area contributed by atoms with Gasteiger partial charge in [0.15, 0.2) is 0 Å². The highest BCUT2D eigenvalue weighted by Crippen LogP contribution is 2.47. The normalized spacial score (nSPS) is 27.7. The van der Waals surface area contributed by atoms with Crippen molar-refractivity contribution in [2.24, 2.45) is 17.8 Å². The number of aryl methyl sites for hydroxylation is 1. The Balaban J connectivity index is 1.18. The van der Waals surface area contributed by atoms with E-state index >= 15 is 0 Å². The molecule has 2 aromatic heterocycles. The molecule has 1 unspecified atom stereocenters. The van der Waals surface area contributed by atoms with Crippen molar-refractivity contribution in [2.75, 3.05) is 13.7 Å². The highest BCUT2D eigenvalue weighted by molar-refractivity contribution is 7.98. The third-order valence-corrected chi connectivity index (χ3v) is 12.5. The summed E-state index contributed by atoms with van der Waals surface area (Å²) in [6, 6.07) is 5.79. The number of hydrogen-bond donors (Lipinski definition) is 3. The summed E-state index contributed by atoms with van der Waals surface area (Å²) in [7, 11) is 1.64. The van der Waals surface area contributed by atoms with Gasteiger partial charge in [0.1, 0.15) is 33.8 Å². The Morgan fingerprint density at radius 1 is 1.08 bits per heavy atom. The second kappa shape index (κ2) is 14.5. The summed E-state index contributed by atoms with van der Waals surface area (Å²) < 4.78 is 15.5. The first-order chi connectivity index (χ1) is 24.2. The van der Waals surface area contributed by atoms with E-state index in [4.69, 9.17) is 19.4 Å². The Labute approximate surface area is 302 Å². The first-order valence-corrected chi connectivity index (χ1v) is 19.8. The van der Waals surface area contributed by atoms with Crippen molar-refractivity contribution in [3.8, 4) is 22.2 Å². The van der Waals surface area contributed by atoms with Crippen molar-refractivity contribution >= 4 is 51.9 Å². The van der Waals surface area contributed by atoms with Crippen molar-refractivity contribution in [3.63, 3.8) is 0 Å². The lowest BCUT2D eigenvalue weighted by Gasteiger charge is -2.23. The molecule has 0 radical (unpaired) electrons. The van der Waals surface area contributed by atoms with Gasteiger partial charge in [-0.2, -0.15) is 0 Å². The molecule has 1 aliphatic heterocycles. The van der Waals surface area contributed by atoms with E-state index in [9.17, 15) is 14.4 Å². The molecule has 0 spiro atoms. The molecule has 3 aliphatic carbocycles. The van der Waals surface area contributed by atoms with E-state index in [2.05, 4.69) is 46.7 Å². The minimum absolute atomic E-state index is 0.0685. The molecule has 0 saturated heterocycles. The average Bonchev–Trinajstić information content (AvgIpc) is 3.94. The van der Waals surface area contributed by atoms with Crippen LogP contribution in [-0.4, -0.2) is 58.2 Å². The molecule has 5 atom stereocenters. The number of benzene rings is 1. The summed E-state index contributed by atoms with van der Waals surface area (Å²) in [5, 5.41) is 10.4. The molecule has 0 bridgehead atoms. The highest BCUT2D eigenvalue weighted by atomic mass is 32.2. The number of ether oxygens (including phenoxy) is 2. The number of aromatic nitrogens is 2. The molecular weight excluding hydrogens is 671 g/mol. The number of nitrogens with zero attached hydrogens (tertiary/aromatic N) is 2. The number of methoxy groups -OCH3 is 1. The van der Waals surface area contributed by atoms with Crippen LogP contribution in [0.2, 0.25) is 0 Å². The molecular formula is C38H47N5O5S2. The van der Waals surface area contributed by atoms with Gasteiger partial charge < -0.3 is 20.1 Å². The summed E-state index contributed by atoms with van der Waals surface area (Å²) >= 11 is 3.01. The number of fused-ring (bicyclic) bond motifs is 3. The Morgan fingerprint density at radius 2 is 1.88 bits per heavy atom. The van der Waals surface area contributed by atoms with Crippen molar-refractivity contribution < 1.29 is 23.9 Å². The van der Waals surface area contributed by atoms with Crippen LogP contribution in [0.4, 0.5) is 0 Å². The lowest BCUT2D eigenvalue weighted by atomic mass is 9.93. The van der Waals surface area contributed by atoms with Gasteiger partial charge in [-0.25, -0.2) is 9.97 Å². The summed E-state index contributed by atoms with van der Waals surface area (Å²) in [4.78, 5) is 51.4. The molecule has 3 N–H and O–H groups in total.